The van der Waals surface area contributed by atoms with Gasteiger partial charge in [0.05, 0.1) is 5.92 Å². The lowest BCUT2D eigenvalue weighted by Gasteiger charge is -2.29. The Labute approximate surface area is 201 Å². The van der Waals surface area contributed by atoms with Crippen molar-refractivity contribution < 1.29 is 44.3 Å². The molecule has 0 saturated heterocycles. The number of aliphatic hydroxyl groups excluding tert-OH is 3. The van der Waals surface area contributed by atoms with Crippen LogP contribution in [-0.2, 0) is 23.9 Å². The minimum absolute atomic E-state index is 0.0215. The van der Waals surface area contributed by atoms with Crippen molar-refractivity contribution in [3.8, 4) is 0 Å². The van der Waals surface area contributed by atoms with Crippen LogP contribution in [0.25, 0.3) is 0 Å². The van der Waals surface area contributed by atoms with Gasteiger partial charge in [0.25, 0.3) is 0 Å². The molecular formula is C24H30O9S. The zero-order valence-electron chi connectivity index (χ0n) is 18.6. The van der Waals surface area contributed by atoms with E-state index in [-0.39, 0.29) is 5.92 Å². The molecule has 5 aliphatic rings. The number of carbonyl (C=O) groups is 3. The zero-order valence-corrected chi connectivity index (χ0v) is 19.4. The number of aliphatic hydroxyl groups is 3. The Morgan fingerprint density at radius 1 is 1.15 bits per heavy atom. The summed E-state index contributed by atoms with van der Waals surface area (Å²) in [6.07, 6.45) is 8.91. The predicted octanol–water partition coefficient (Wildman–Crippen LogP) is 2.51. The molecule has 0 aromatic heterocycles. The molecular weight excluding hydrogens is 464 g/mol. The van der Waals surface area contributed by atoms with Gasteiger partial charge in [0, 0.05) is 16.6 Å². The molecule has 3 fully saturated rings. The van der Waals surface area contributed by atoms with E-state index in [1.807, 2.05) is 0 Å². The van der Waals surface area contributed by atoms with Gasteiger partial charge in [0.1, 0.15) is 12.7 Å². The fourth-order valence-electron chi connectivity index (χ4n) is 5.84. The standard InChI is InChI=1S/C15H20O2S.C9H10O7/c16-15(17)12-6-11-5-10(12)7-14(11)18-13-4-8-1-2-9(13)3-8;1-2-5(11)15-3-4(10)8-6(12)7(13)9(14)16-8/h1-2,8-14H,3-7H2,(H,16,17);2,4,8,10,12-13H,1,3H2/t;4-,8+/m.0/s1. The molecule has 1 aliphatic heterocycles. The number of esters is 2. The maximum Gasteiger partial charge on any atom is 0.377 e. The number of cyclic esters (lactones) is 1. The van der Waals surface area contributed by atoms with Crippen LogP contribution in [0.3, 0.4) is 0 Å². The predicted molar refractivity (Wildman–Crippen MR) is 122 cm³/mol. The highest BCUT2D eigenvalue weighted by Gasteiger charge is 2.50. The molecule has 4 N–H and O–H groups in total. The molecule has 4 aliphatic carbocycles. The van der Waals surface area contributed by atoms with Crippen LogP contribution in [-0.4, -0.2) is 67.6 Å². The molecule has 0 amide bonds. The molecule has 9 nitrogen and oxygen atoms in total. The van der Waals surface area contributed by atoms with Gasteiger partial charge in [0.15, 0.2) is 11.9 Å². The van der Waals surface area contributed by atoms with Gasteiger partial charge >= 0.3 is 17.9 Å². The summed E-state index contributed by atoms with van der Waals surface area (Å²) in [5, 5.41) is 38.3. The molecule has 4 bridgehead atoms. The number of rotatable bonds is 7. The minimum atomic E-state index is -1.46. The largest absolute Gasteiger partial charge is 0.505 e. The van der Waals surface area contributed by atoms with Crippen molar-refractivity contribution >= 4 is 29.7 Å². The van der Waals surface area contributed by atoms with E-state index in [0.717, 1.165) is 34.8 Å². The number of carboxylic acid groups (broad SMARTS) is 1. The van der Waals surface area contributed by atoms with Gasteiger partial charge in [-0.05, 0) is 55.8 Å². The average molecular weight is 495 g/mol. The Morgan fingerprint density at radius 2 is 1.91 bits per heavy atom. The summed E-state index contributed by atoms with van der Waals surface area (Å²) in [6.45, 7) is 2.64. The fraction of sp³-hybridized carbons (Fsp3) is 0.625. The minimum Gasteiger partial charge on any atom is -0.505 e. The van der Waals surface area contributed by atoms with Gasteiger partial charge in [-0.3, -0.25) is 4.79 Å². The number of thioether (sulfide) groups is 1. The van der Waals surface area contributed by atoms with Crippen LogP contribution < -0.4 is 0 Å². The lowest BCUT2D eigenvalue weighted by molar-refractivity contribution is -0.152. The summed E-state index contributed by atoms with van der Waals surface area (Å²) in [5.41, 5.74) is 0. The summed E-state index contributed by atoms with van der Waals surface area (Å²) >= 11 is 2.21. The van der Waals surface area contributed by atoms with Gasteiger partial charge in [-0.15, -0.1) is 0 Å². The molecule has 0 aromatic rings. The van der Waals surface area contributed by atoms with E-state index >= 15 is 0 Å². The van der Waals surface area contributed by atoms with Gasteiger partial charge in [0.2, 0.25) is 5.76 Å². The molecule has 186 valence electrons. The summed E-state index contributed by atoms with van der Waals surface area (Å²) in [4.78, 5) is 32.6. The third kappa shape index (κ3) is 4.98. The number of hydrogen-bond acceptors (Lipinski definition) is 9. The number of aliphatic carboxylic acids is 1. The maximum atomic E-state index is 11.1. The molecule has 7 unspecified atom stereocenters. The third-order valence-corrected chi connectivity index (χ3v) is 9.35. The lowest BCUT2D eigenvalue weighted by Crippen LogP contribution is -2.33. The molecule has 1 heterocycles. The molecule has 3 saturated carbocycles. The molecule has 0 aromatic carbocycles. The first-order valence-corrected chi connectivity index (χ1v) is 12.5. The number of fused-ring (bicyclic) bond motifs is 4. The van der Waals surface area contributed by atoms with Crippen molar-refractivity contribution in [1.82, 2.24) is 0 Å². The normalized spacial score (nSPS) is 37.9. The van der Waals surface area contributed by atoms with Crippen molar-refractivity contribution in [1.29, 1.82) is 0 Å². The summed E-state index contributed by atoms with van der Waals surface area (Å²) < 4.78 is 8.90. The first-order valence-electron chi connectivity index (χ1n) is 11.5. The lowest BCUT2D eigenvalue weighted by atomic mass is 9.89. The second-order valence-electron chi connectivity index (χ2n) is 9.63. The SMILES string of the molecule is C=CC(=O)OC[C@H](O)[C@H]1OC(=O)C(O)=C1O.O=C(O)C1CC2CC1CC2SC1CC2C=CC1C2. The van der Waals surface area contributed by atoms with Crippen molar-refractivity contribution in [2.45, 2.75) is 54.8 Å². The summed E-state index contributed by atoms with van der Waals surface area (Å²) in [5.74, 6) is -1.35. The van der Waals surface area contributed by atoms with E-state index in [4.69, 9.17) is 5.11 Å². The number of carboxylic acids is 1. The monoisotopic (exact) mass is 494 g/mol. The second-order valence-corrected chi connectivity index (χ2v) is 11.1. The first-order chi connectivity index (χ1) is 16.2. The Bertz CT molecular complexity index is 912. The highest BCUT2D eigenvalue weighted by molar-refractivity contribution is 8.00. The summed E-state index contributed by atoms with van der Waals surface area (Å²) in [7, 11) is 0. The molecule has 10 heteroatoms. The van der Waals surface area contributed by atoms with Crippen LogP contribution in [0.5, 0.6) is 0 Å². The van der Waals surface area contributed by atoms with E-state index in [2.05, 4.69) is 40.0 Å². The van der Waals surface area contributed by atoms with E-state index in [1.165, 1.54) is 25.7 Å². The van der Waals surface area contributed by atoms with Crippen molar-refractivity contribution in [3.05, 3.63) is 36.3 Å². The van der Waals surface area contributed by atoms with E-state index in [9.17, 15) is 29.7 Å². The van der Waals surface area contributed by atoms with E-state index < -0.39 is 48.2 Å². The van der Waals surface area contributed by atoms with E-state index in [1.54, 1.807) is 0 Å². The molecule has 0 radical (unpaired) electrons. The Kier molecular flexibility index (Phi) is 7.28. The number of ether oxygens (including phenoxy) is 2. The summed E-state index contributed by atoms with van der Waals surface area (Å²) in [6, 6.07) is 0. The van der Waals surface area contributed by atoms with Gasteiger partial charge in [-0.1, -0.05) is 18.7 Å². The van der Waals surface area contributed by atoms with Crippen LogP contribution in [0, 0.1) is 29.6 Å². The Hall–Kier alpha value is -2.46. The van der Waals surface area contributed by atoms with Gasteiger partial charge < -0.3 is 29.9 Å². The quantitative estimate of drug-likeness (QED) is 0.236. The number of carbonyl (C=O) groups excluding carboxylic acids is 2. The van der Waals surface area contributed by atoms with Crippen molar-refractivity contribution in [2.75, 3.05) is 6.61 Å². The van der Waals surface area contributed by atoms with Crippen LogP contribution in [0.4, 0.5) is 0 Å². The molecule has 0 spiro atoms. The Balaban J connectivity index is 0.000000163. The van der Waals surface area contributed by atoms with Crippen molar-refractivity contribution in [2.24, 2.45) is 29.6 Å². The zero-order chi connectivity index (χ0) is 24.6. The van der Waals surface area contributed by atoms with E-state index in [0.29, 0.717) is 11.8 Å². The average Bonchev–Trinajstić information content (AvgIpc) is 3.63. The highest BCUT2D eigenvalue weighted by Crippen LogP contribution is 2.56. The topological polar surface area (TPSA) is 151 Å². The van der Waals surface area contributed by atoms with Crippen LogP contribution >= 0.6 is 11.8 Å². The molecule has 34 heavy (non-hydrogen) atoms. The number of allylic oxidation sites excluding steroid dienone is 2. The van der Waals surface area contributed by atoms with Crippen LogP contribution in [0.1, 0.15) is 32.1 Å². The van der Waals surface area contributed by atoms with Crippen LogP contribution in [0.15, 0.2) is 36.3 Å². The second kappa shape index (κ2) is 10.0. The fourth-order valence-corrected chi connectivity index (χ4v) is 7.86. The van der Waals surface area contributed by atoms with Gasteiger partial charge in [-0.25, -0.2) is 9.59 Å². The highest BCUT2D eigenvalue weighted by atomic mass is 32.2. The van der Waals surface area contributed by atoms with Gasteiger partial charge in [-0.2, -0.15) is 11.8 Å². The maximum absolute atomic E-state index is 11.1. The number of hydrogen-bond donors (Lipinski definition) is 4. The first kappa shape index (κ1) is 24.7. The Morgan fingerprint density at radius 3 is 2.41 bits per heavy atom. The smallest absolute Gasteiger partial charge is 0.377 e. The van der Waals surface area contributed by atoms with Crippen molar-refractivity contribution in [3.63, 3.8) is 0 Å². The molecule has 9 atom stereocenters. The van der Waals surface area contributed by atoms with Crippen LogP contribution in [0.2, 0.25) is 0 Å². The molecule has 5 rings (SSSR count). The third-order valence-electron chi connectivity index (χ3n) is 7.53.